The number of hydrogen-bond acceptors (Lipinski definition) is 2. The van der Waals surface area contributed by atoms with Crippen LogP contribution in [0.15, 0.2) is 82.3 Å². The predicted molar refractivity (Wildman–Crippen MR) is 91.9 cm³/mol. The summed E-state index contributed by atoms with van der Waals surface area (Å²) in [5, 5.41) is 10.7. The standard InChI is InChI=1S/C15H10N2.2C2H6/c1-4-10-14-12(6-1)7-5-11-15(14)17-16-13-8-2-3-9-13;2*1-2/h1-8,10-11H;2*1-2H3. The summed E-state index contributed by atoms with van der Waals surface area (Å²) in [6.07, 6.45) is 5.61. The fourth-order valence-electron chi connectivity index (χ4n) is 1.79. The molecule has 0 saturated carbocycles. The SMILES string of the molecule is C1=CC=CC=1N=Nc1cccc2ccccc12.CC.CC. The van der Waals surface area contributed by atoms with Crippen molar-refractivity contribution in [1.82, 2.24) is 0 Å². The maximum Gasteiger partial charge on any atom is 0.128 e. The van der Waals surface area contributed by atoms with Gasteiger partial charge in [-0.1, -0.05) is 75.9 Å². The first-order valence-corrected chi connectivity index (χ1v) is 7.46. The lowest BCUT2D eigenvalue weighted by molar-refractivity contribution is 1.19. The second kappa shape index (κ2) is 9.46. The van der Waals surface area contributed by atoms with Crippen LogP contribution in [-0.2, 0) is 0 Å². The highest BCUT2D eigenvalue weighted by Gasteiger charge is 1.98. The van der Waals surface area contributed by atoms with E-state index in [1.165, 1.54) is 5.39 Å². The molecular formula is C19H22N2. The van der Waals surface area contributed by atoms with Crippen LogP contribution >= 0.6 is 0 Å². The van der Waals surface area contributed by atoms with Gasteiger partial charge in [0.1, 0.15) is 5.70 Å². The normalized spacial score (nSPS) is 11.7. The Bertz CT molecular complexity index is 682. The van der Waals surface area contributed by atoms with Crippen LogP contribution in [0.1, 0.15) is 27.7 Å². The number of azo groups is 1. The summed E-state index contributed by atoms with van der Waals surface area (Å²) < 4.78 is 0. The lowest BCUT2D eigenvalue weighted by Crippen LogP contribution is -1.72. The Balaban J connectivity index is 0.000000510. The van der Waals surface area contributed by atoms with Crippen molar-refractivity contribution in [3.63, 3.8) is 0 Å². The van der Waals surface area contributed by atoms with Gasteiger partial charge in [-0.05, 0) is 23.6 Å². The molecule has 0 aliphatic heterocycles. The van der Waals surface area contributed by atoms with Crippen LogP contribution < -0.4 is 0 Å². The van der Waals surface area contributed by atoms with Gasteiger partial charge in [-0.15, -0.1) is 10.2 Å². The molecule has 0 saturated heterocycles. The Morgan fingerprint density at radius 2 is 1.52 bits per heavy atom. The zero-order valence-corrected chi connectivity index (χ0v) is 13.2. The molecule has 1 aliphatic rings. The van der Waals surface area contributed by atoms with E-state index in [2.05, 4.69) is 34.2 Å². The molecule has 0 heterocycles. The van der Waals surface area contributed by atoms with Gasteiger partial charge in [-0.3, -0.25) is 0 Å². The molecule has 0 N–H and O–H groups in total. The molecule has 0 radical (unpaired) electrons. The van der Waals surface area contributed by atoms with E-state index in [9.17, 15) is 0 Å². The minimum absolute atomic E-state index is 0.762. The molecule has 0 bridgehead atoms. The third kappa shape index (κ3) is 4.55. The van der Waals surface area contributed by atoms with E-state index < -0.39 is 0 Å². The monoisotopic (exact) mass is 278 g/mol. The average Bonchev–Trinajstić information content (AvgIpc) is 3.10. The van der Waals surface area contributed by atoms with Crippen LogP contribution in [0.5, 0.6) is 0 Å². The second-order valence-electron chi connectivity index (χ2n) is 3.75. The van der Waals surface area contributed by atoms with Gasteiger partial charge in [0.15, 0.2) is 0 Å². The van der Waals surface area contributed by atoms with Crippen molar-refractivity contribution in [2.75, 3.05) is 0 Å². The van der Waals surface area contributed by atoms with Crippen LogP contribution in [0.2, 0.25) is 0 Å². The molecule has 2 aromatic carbocycles. The molecule has 0 spiro atoms. The van der Waals surface area contributed by atoms with Gasteiger partial charge >= 0.3 is 0 Å². The zero-order chi connectivity index (χ0) is 15.5. The zero-order valence-electron chi connectivity index (χ0n) is 13.2. The van der Waals surface area contributed by atoms with Crippen molar-refractivity contribution in [3.05, 3.63) is 72.1 Å². The number of nitrogens with zero attached hydrogens (tertiary/aromatic N) is 2. The van der Waals surface area contributed by atoms with Crippen LogP contribution in [0.25, 0.3) is 10.8 Å². The van der Waals surface area contributed by atoms with Crippen LogP contribution in [0.3, 0.4) is 0 Å². The lowest BCUT2D eigenvalue weighted by Gasteiger charge is -1.99. The second-order valence-corrected chi connectivity index (χ2v) is 3.75. The molecule has 2 aromatic rings. The van der Waals surface area contributed by atoms with E-state index in [0.29, 0.717) is 0 Å². The van der Waals surface area contributed by atoms with E-state index in [1.807, 2.05) is 70.2 Å². The summed E-state index contributed by atoms with van der Waals surface area (Å²) in [5.74, 6) is 0. The van der Waals surface area contributed by atoms with Crippen LogP contribution in [0.4, 0.5) is 5.69 Å². The Labute approximate surface area is 127 Å². The molecule has 0 amide bonds. The Morgan fingerprint density at radius 1 is 0.810 bits per heavy atom. The number of allylic oxidation sites excluding steroid dienone is 2. The molecule has 1 aliphatic carbocycles. The van der Waals surface area contributed by atoms with E-state index in [-0.39, 0.29) is 0 Å². The van der Waals surface area contributed by atoms with Gasteiger partial charge in [-0.2, -0.15) is 0 Å². The number of fused-ring (bicyclic) bond motifs is 1. The molecule has 2 nitrogen and oxygen atoms in total. The Hall–Kier alpha value is -2.44. The van der Waals surface area contributed by atoms with Gasteiger partial charge < -0.3 is 0 Å². The van der Waals surface area contributed by atoms with Crippen LogP contribution in [0, 0.1) is 0 Å². The van der Waals surface area contributed by atoms with E-state index in [0.717, 1.165) is 16.8 Å². The molecule has 108 valence electrons. The molecule has 0 aromatic heterocycles. The quantitative estimate of drug-likeness (QED) is 0.437. The first-order valence-electron chi connectivity index (χ1n) is 7.46. The van der Waals surface area contributed by atoms with Crippen molar-refractivity contribution < 1.29 is 0 Å². The van der Waals surface area contributed by atoms with Gasteiger partial charge in [0, 0.05) is 5.39 Å². The smallest absolute Gasteiger partial charge is 0.128 e. The third-order valence-corrected chi connectivity index (χ3v) is 2.61. The maximum absolute atomic E-state index is 4.27. The van der Waals surface area contributed by atoms with Gasteiger partial charge in [0.2, 0.25) is 0 Å². The highest BCUT2D eigenvalue weighted by molar-refractivity contribution is 5.92. The molecule has 2 heteroatoms. The summed E-state index contributed by atoms with van der Waals surface area (Å²) in [5.41, 5.74) is 4.64. The number of rotatable bonds is 2. The molecule has 21 heavy (non-hydrogen) atoms. The fourth-order valence-corrected chi connectivity index (χ4v) is 1.79. The minimum Gasteiger partial charge on any atom is -0.149 e. The van der Waals surface area contributed by atoms with Gasteiger partial charge in [0.25, 0.3) is 0 Å². The first-order chi connectivity index (χ1) is 10.4. The first kappa shape index (κ1) is 16.6. The lowest BCUT2D eigenvalue weighted by atomic mass is 10.1. The van der Waals surface area contributed by atoms with E-state index in [1.54, 1.807) is 0 Å². The topological polar surface area (TPSA) is 24.7 Å². The number of hydrogen-bond donors (Lipinski definition) is 0. The van der Waals surface area contributed by atoms with Crippen molar-refractivity contribution in [2.24, 2.45) is 10.2 Å². The molecular weight excluding hydrogens is 256 g/mol. The molecule has 3 rings (SSSR count). The summed E-state index contributed by atoms with van der Waals surface area (Å²) >= 11 is 0. The minimum atomic E-state index is 0.762. The summed E-state index contributed by atoms with van der Waals surface area (Å²) in [6, 6.07) is 14.2. The summed E-state index contributed by atoms with van der Waals surface area (Å²) in [6.45, 7) is 8.00. The van der Waals surface area contributed by atoms with Crippen LogP contribution in [-0.4, -0.2) is 0 Å². The maximum atomic E-state index is 4.27. The van der Waals surface area contributed by atoms with E-state index >= 15 is 0 Å². The van der Waals surface area contributed by atoms with Crippen molar-refractivity contribution in [2.45, 2.75) is 27.7 Å². The summed E-state index contributed by atoms with van der Waals surface area (Å²) in [7, 11) is 0. The third-order valence-electron chi connectivity index (χ3n) is 2.61. The largest absolute Gasteiger partial charge is 0.149 e. The van der Waals surface area contributed by atoms with Gasteiger partial charge in [-0.25, -0.2) is 0 Å². The predicted octanol–water partition coefficient (Wildman–Crippen LogP) is 6.58. The highest BCUT2D eigenvalue weighted by Crippen LogP contribution is 2.26. The average molecular weight is 278 g/mol. The highest BCUT2D eigenvalue weighted by atomic mass is 15.1. The fraction of sp³-hybridized carbons (Fsp3) is 0.211. The number of benzene rings is 2. The molecule has 0 fully saturated rings. The Kier molecular flexibility index (Phi) is 7.49. The molecule has 0 unspecified atom stereocenters. The van der Waals surface area contributed by atoms with Gasteiger partial charge in [0.05, 0.1) is 5.69 Å². The Morgan fingerprint density at radius 3 is 2.24 bits per heavy atom. The van der Waals surface area contributed by atoms with Crippen molar-refractivity contribution in [3.8, 4) is 0 Å². The molecule has 0 atom stereocenters. The van der Waals surface area contributed by atoms with Crippen molar-refractivity contribution >= 4 is 16.5 Å². The van der Waals surface area contributed by atoms with E-state index in [4.69, 9.17) is 0 Å². The van der Waals surface area contributed by atoms with Crippen molar-refractivity contribution in [1.29, 1.82) is 0 Å². The summed E-state index contributed by atoms with van der Waals surface area (Å²) in [4.78, 5) is 0.